The van der Waals surface area contributed by atoms with Crippen molar-refractivity contribution in [2.75, 3.05) is 7.11 Å². The largest absolute Gasteiger partial charge is 0.469 e. The highest BCUT2D eigenvalue weighted by Gasteiger charge is 2.51. The maximum Gasteiger partial charge on any atom is 0.306 e. The maximum absolute atomic E-state index is 11.5. The molecular formula is C16H24O4. The molecular weight excluding hydrogens is 256 g/mol. The van der Waals surface area contributed by atoms with Crippen molar-refractivity contribution in [3.63, 3.8) is 0 Å². The monoisotopic (exact) mass is 280 g/mol. The molecule has 4 nitrogen and oxygen atoms in total. The third-order valence-corrected chi connectivity index (χ3v) is 4.90. The number of rotatable bonds is 4. The minimum atomic E-state index is -0.825. The fourth-order valence-electron chi connectivity index (χ4n) is 3.32. The Morgan fingerprint density at radius 2 is 2.10 bits per heavy atom. The van der Waals surface area contributed by atoms with Gasteiger partial charge in [-0.15, -0.1) is 0 Å². The van der Waals surface area contributed by atoms with Crippen molar-refractivity contribution in [1.29, 1.82) is 0 Å². The predicted molar refractivity (Wildman–Crippen MR) is 75.0 cm³/mol. The van der Waals surface area contributed by atoms with Crippen LogP contribution in [-0.2, 0) is 14.3 Å². The average molecular weight is 280 g/mol. The Morgan fingerprint density at radius 1 is 1.45 bits per heavy atom. The Bertz CT molecular complexity index is 441. The summed E-state index contributed by atoms with van der Waals surface area (Å²) in [6.45, 7) is 4.07. The zero-order chi connectivity index (χ0) is 15.0. The molecule has 0 heterocycles. The smallest absolute Gasteiger partial charge is 0.306 e. The van der Waals surface area contributed by atoms with E-state index < -0.39 is 5.60 Å². The Morgan fingerprint density at radius 3 is 2.65 bits per heavy atom. The molecule has 2 aliphatic carbocycles. The summed E-state index contributed by atoms with van der Waals surface area (Å²) in [4.78, 5) is 22.9. The van der Waals surface area contributed by atoms with Crippen LogP contribution in [0.15, 0.2) is 11.6 Å². The van der Waals surface area contributed by atoms with Crippen LogP contribution in [0.5, 0.6) is 0 Å². The Kier molecular flexibility index (Phi) is 4.05. The highest BCUT2D eigenvalue weighted by atomic mass is 16.5. The van der Waals surface area contributed by atoms with Gasteiger partial charge in [-0.25, -0.2) is 0 Å². The van der Waals surface area contributed by atoms with Crippen LogP contribution >= 0.6 is 0 Å². The predicted octanol–water partition coefficient (Wildman–Crippen LogP) is 2.40. The van der Waals surface area contributed by atoms with Gasteiger partial charge in [-0.3, -0.25) is 9.59 Å². The second-order valence-corrected chi connectivity index (χ2v) is 6.87. The van der Waals surface area contributed by atoms with Crippen molar-refractivity contribution in [1.82, 2.24) is 0 Å². The molecule has 0 aliphatic heterocycles. The molecule has 0 unspecified atom stereocenters. The summed E-state index contributed by atoms with van der Waals surface area (Å²) in [6, 6.07) is 0. The molecule has 0 saturated heterocycles. The molecule has 0 amide bonds. The van der Waals surface area contributed by atoms with E-state index in [0.717, 1.165) is 18.4 Å². The fourth-order valence-corrected chi connectivity index (χ4v) is 3.32. The molecule has 0 aromatic carbocycles. The van der Waals surface area contributed by atoms with Crippen molar-refractivity contribution >= 4 is 11.8 Å². The number of hydrogen-bond acceptors (Lipinski definition) is 4. The molecule has 4 heteroatoms. The average Bonchev–Trinajstić information content (AvgIpc) is 2.34. The number of esters is 1. The van der Waals surface area contributed by atoms with Crippen LogP contribution < -0.4 is 0 Å². The van der Waals surface area contributed by atoms with Crippen LogP contribution in [0.3, 0.4) is 0 Å². The van der Waals surface area contributed by atoms with Crippen LogP contribution in [0.4, 0.5) is 0 Å². The van der Waals surface area contributed by atoms with E-state index >= 15 is 0 Å². The Labute approximate surface area is 120 Å². The number of carbonyl (C=O) groups excluding carboxylic acids is 2. The van der Waals surface area contributed by atoms with Crippen LogP contribution in [-0.4, -0.2) is 29.6 Å². The van der Waals surface area contributed by atoms with Crippen LogP contribution in [0.2, 0.25) is 0 Å². The van der Waals surface area contributed by atoms with Crippen LogP contribution in [0, 0.1) is 11.3 Å². The number of hydrogen-bond donors (Lipinski definition) is 1. The Hall–Kier alpha value is -1.16. The van der Waals surface area contributed by atoms with Crippen molar-refractivity contribution in [2.24, 2.45) is 11.3 Å². The van der Waals surface area contributed by atoms with Gasteiger partial charge in [-0.05, 0) is 48.7 Å². The lowest BCUT2D eigenvalue weighted by molar-refractivity contribution is -0.147. The van der Waals surface area contributed by atoms with Crippen molar-refractivity contribution in [3.8, 4) is 0 Å². The van der Waals surface area contributed by atoms with E-state index in [4.69, 9.17) is 4.74 Å². The second-order valence-electron chi connectivity index (χ2n) is 6.87. The first kappa shape index (κ1) is 15.2. The number of aliphatic hydroxyl groups is 1. The molecule has 1 saturated carbocycles. The zero-order valence-electron chi connectivity index (χ0n) is 12.6. The first-order chi connectivity index (χ1) is 9.27. The molecule has 1 N–H and O–H groups in total. The van der Waals surface area contributed by atoms with Gasteiger partial charge in [0.25, 0.3) is 0 Å². The molecule has 20 heavy (non-hydrogen) atoms. The van der Waals surface area contributed by atoms with Gasteiger partial charge in [0.2, 0.25) is 0 Å². The number of methoxy groups -OCH3 is 1. The summed E-state index contributed by atoms with van der Waals surface area (Å²) in [5.74, 6) is 0.193. The molecule has 2 rings (SSSR count). The van der Waals surface area contributed by atoms with E-state index in [1.807, 2.05) is 13.8 Å². The summed E-state index contributed by atoms with van der Waals surface area (Å²) in [6.07, 6.45) is 5.51. The SMILES string of the molecule is COC(=O)CC(C)(C)C1CC(O)(C2=CC(=O)CCC2)C1. The minimum Gasteiger partial charge on any atom is -0.469 e. The number of ether oxygens (including phenoxy) is 1. The van der Waals surface area contributed by atoms with Crippen molar-refractivity contribution < 1.29 is 19.4 Å². The van der Waals surface area contributed by atoms with Gasteiger partial charge in [-0.1, -0.05) is 13.8 Å². The van der Waals surface area contributed by atoms with E-state index in [1.54, 1.807) is 6.08 Å². The fraction of sp³-hybridized carbons (Fsp3) is 0.750. The van der Waals surface area contributed by atoms with Gasteiger partial charge in [-0.2, -0.15) is 0 Å². The lowest BCUT2D eigenvalue weighted by Gasteiger charge is -2.52. The normalized spacial score (nSPS) is 30.5. The van der Waals surface area contributed by atoms with Gasteiger partial charge < -0.3 is 9.84 Å². The summed E-state index contributed by atoms with van der Waals surface area (Å²) in [5.41, 5.74) is -0.119. The van der Waals surface area contributed by atoms with Gasteiger partial charge in [0.05, 0.1) is 19.1 Å². The second kappa shape index (κ2) is 5.32. The van der Waals surface area contributed by atoms with E-state index in [-0.39, 0.29) is 23.1 Å². The highest BCUT2D eigenvalue weighted by molar-refractivity contribution is 5.91. The number of ketones is 1. The molecule has 0 spiro atoms. The summed E-state index contributed by atoms with van der Waals surface area (Å²) in [7, 11) is 1.40. The molecule has 0 aromatic heterocycles. The third kappa shape index (κ3) is 2.95. The van der Waals surface area contributed by atoms with Gasteiger partial charge in [0.15, 0.2) is 5.78 Å². The molecule has 0 aromatic rings. The highest BCUT2D eigenvalue weighted by Crippen LogP contribution is 2.53. The quantitative estimate of drug-likeness (QED) is 0.803. The number of allylic oxidation sites excluding steroid dienone is 1. The summed E-state index contributed by atoms with van der Waals surface area (Å²) >= 11 is 0. The van der Waals surface area contributed by atoms with Gasteiger partial charge >= 0.3 is 5.97 Å². The molecule has 2 aliphatic rings. The summed E-state index contributed by atoms with van der Waals surface area (Å²) < 4.78 is 4.73. The lowest BCUT2D eigenvalue weighted by atomic mass is 9.56. The Balaban J connectivity index is 1.99. The van der Waals surface area contributed by atoms with Gasteiger partial charge in [0.1, 0.15) is 0 Å². The van der Waals surface area contributed by atoms with Gasteiger partial charge in [0, 0.05) is 6.42 Å². The first-order valence-corrected chi connectivity index (χ1v) is 7.30. The maximum atomic E-state index is 11.5. The van der Waals surface area contributed by atoms with E-state index in [0.29, 0.717) is 25.7 Å². The molecule has 0 bridgehead atoms. The molecule has 112 valence electrons. The zero-order valence-corrected chi connectivity index (χ0v) is 12.6. The molecule has 0 radical (unpaired) electrons. The van der Waals surface area contributed by atoms with E-state index in [2.05, 4.69) is 0 Å². The number of carbonyl (C=O) groups is 2. The van der Waals surface area contributed by atoms with E-state index in [9.17, 15) is 14.7 Å². The van der Waals surface area contributed by atoms with Crippen molar-refractivity contribution in [3.05, 3.63) is 11.6 Å². The van der Waals surface area contributed by atoms with Crippen LogP contribution in [0.25, 0.3) is 0 Å². The van der Waals surface area contributed by atoms with Crippen LogP contribution in [0.1, 0.15) is 52.4 Å². The lowest BCUT2D eigenvalue weighted by Crippen LogP contribution is -2.51. The van der Waals surface area contributed by atoms with Crippen molar-refractivity contribution in [2.45, 2.75) is 58.0 Å². The third-order valence-electron chi connectivity index (χ3n) is 4.90. The molecule has 0 atom stereocenters. The van der Waals surface area contributed by atoms with E-state index in [1.165, 1.54) is 7.11 Å². The topological polar surface area (TPSA) is 63.6 Å². The minimum absolute atomic E-state index is 0.122. The molecule has 1 fully saturated rings. The first-order valence-electron chi connectivity index (χ1n) is 7.30. The summed E-state index contributed by atoms with van der Waals surface area (Å²) in [5, 5.41) is 10.6. The standard InChI is InChI=1S/C16H24O4/c1-15(2,10-14(18)20-3)12-8-16(19,9-12)11-5-4-6-13(17)7-11/h7,12,19H,4-6,8-10H2,1-3H3.